The molecule has 0 spiro atoms. The fourth-order valence-corrected chi connectivity index (χ4v) is 5.85. The molecule has 5 aromatic carbocycles. The average molecular weight is 681 g/mol. The topological polar surface area (TPSA) is 126 Å². The number of halogens is 2. The number of carbonyl (C=O) groups excluding carboxylic acids is 2. The van der Waals surface area contributed by atoms with Gasteiger partial charge in [-0.2, -0.15) is 8.42 Å². The van der Waals surface area contributed by atoms with Crippen molar-refractivity contribution < 1.29 is 35.8 Å². The third-order valence-electron chi connectivity index (χ3n) is 7.99. The van der Waals surface area contributed by atoms with Crippen LogP contribution in [0.4, 0.5) is 14.5 Å². The van der Waals surface area contributed by atoms with Crippen molar-refractivity contribution in [2.45, 2.75) is 12.3 Å². The Balaban J connectivity index is 1.22. The highest BCUT2D eigenvalue weighted by atomic mass is 32.2. The first-order valence-electron chi connectivity index (χ1n) is 15.3. The molecule has 1 aromatic heterocycles. The molecule has 248 valence electrons. The number of nitrogens with one attached hydrogen (secondary N) is 2. The summed E-state index contributed by atoms with van der Waals surface area (Å²) in [5, 5.41) is 6.41. The van der Waals surface area contributed by atoms with Crippen molar-refractivity contribution in [3.63, 3.8) is 0 Å². The lowest BCUT2D eigenvalue weighted by Gasteiger charge is -2.19. The maximum Gasteiger partial charge on any atom is 0.266 e. The first-order chi connectivity index (χ1) is 23.5. The molecule has 1 unspecified atom stereocenters. The average Bonchev–Trinajstić information content (AvgIpc) is 3.51. The van der Waals surface area contributed by atoms with Gasteiger partial charge in [0, 0.05) is 34.8 Å². The summed E-state index contributed by atoms with van der Waals surface area (Å²) in [4.78, 5) is 26.3. The van der Waals surface area contributed by atoms with E-state index in [4.69, 9.17) is 8.97 Å². The van der Waals surface area contributed by atoms with E-state index < -0.39 is 39.3 Å². The lowest BCUT2D eigenvalue weighted by atomic mass is 9.89. The number of amides is 2. The van der Waals surface area contributed by atoms with Gasteiger partial charge in [-0.3, -0.25) is 14.1 Å². The van der Waals surface area contributed by atoms with Gasteiger partial charge in [0.1, 0.15) is 23.0 Å². The SMILES string of the molecule is O=C(NCCS(=O)(=O)O)c1ccc(CC(C(=O)Nc2ccc(-c3cc4ccccc4o3)cc2)c2ccc(-c3cc(F)cc(F)c3)cc2)cc1. The minimum Gasteiger partial charge on any atom is -0.456 e. The van der Waals surface area contributed by atoms with Gasteiger partial charge < -0.3 is 15.1 Å². The molecule has 6 rings (SSSR count). The van der Waals surface area contributed by atoms with Gasteiger partial charge in [-0.1, -0.05) is 54.6 Å². The summed E-state index contributed by atoms with van der Waals surface area (Å²) in [6, 6.07) is 33.6. The second kappa shape index (κ2) is 14.2. The highest BCUT2D eigenvalue weighted by Gasteiger charge is 2.22. The zero-order valence-electron chi connectivity index (χ0n) is 25.9. The minimum atomic E-state index is -4.21. The summed E-state index contributed by atoms with van der Waals surface area (Å²) >= 11 is 0. The number of hydrogen-bond donors (Lipinski definition) is 3. The Labute approximate surface area is 281 Å². The largest absolute Gasteiger partial charge is 0.456 e. The van der Waals surface area contributed by atoms with Crippen LogP contribution in [0.2, 0.25) is 0 Å². The van der Waals surface area contributed by atoms with E-state index in [1.54, 1.807) is 60.7 Å². The Morgan fingerprint density at radius 3 is 2.06 bits per heavy atom. The predicted octanol–water partition coefficient (Wildman–Crippen LogP) is 7.63. The predicted molar refractivity (Wildman–Crippen MR) is 184 cm³/mol. The molecule has 11 heteroatoms. The van der Waals surface area contributed by atoms with Crippen LogP contribution in [0.1, 0.15) is 27.4 Å². The van der Waals surface area contributed by atoms with Crippen molar-refractivity contribution in [2.75, 3.05) is 17.6 Å². The van der Waals surface area contributed by atoms with Gasteiger partial charge in [0.2, 0.25) is 5.91 Å². The molecule has 0 saturated heterocycles. The van der Waals surface area contributed by atoms with Gasteiger partial charge in [-0.05, 0) is 89.3 Å². The Morgan fingerprint density at radius 2 is 1.41 bits per heavy atom. The molecular formula is C38H30F2N2O6S. The van der Waals surface area contributed by atoms with E-state index in [-0.39, 0.29) is 24.4 Å². The summed E-state index contributed by atoms with van der Waals surface area (Å²) in [5.74, 6) is -2.80. The minimum absolute atomic E-state index is 0.251. The standard InChI is InChI=1S/C38H30F2N2O6S/c39-31-20-30(21-32(40)23-31)25-9-11-26(12-10-25)34(19-24-5-7-28(8-6-24)37(43)41-17-18-49(45,46)47)38(44)42-33-15-13-27(14-16-33)36-22-29-3-1-2-4-35(29)48-36/h1-16,20-23,34H,17-19H2,(H,41,43)(H,42,44)(H,45,46,47). The Hall–Kier alpha value is -5.65. The molecular weight excluding hydrogens is 650 g/mol. The second-order valence-corrected chi connectivity index (χ2v) is 13.1. The van der Waals surface area contributed by atoms with Gasteiger partial charge in [-0.15, -0.1) is 0 Å². The van der Waals surface area contributed by atoms with Crippen LogP contribution in [0.15, 0.2) is 126 Å². The fourth-order valence-electron chi connectivity index (χ4n) is 5.49. The monoisotopic (exact) mass is 680 g/mol. The number of para-hydroxylation sites is 1. The summed E-state index contributed by atoms with van der Waals surface area (Å²) in [7, 11) is -4.21. The molecule has 0 bridgehead atoms. The van der Waals surface area contributed by atoms with Crippen LogP contribution >= 0.6 is 0 Å². The Bertz CT molecular complexity index is 2180. The molecule has 0 aliphatic carbocycles. The third kappa shape index (κ3) is 8.45. The molecule has 0 aliphatic rings. The molecule has 49 heavy (non-hydrogen) atoms. The van der Waals surface area contributed by atoms with Gasteiger partial charge >= 0.3 is 0 Å². The first kappa shape index (κ1) is 33.3. The van der Waals surface area contributed by atoms with Crippen LogP contribution in [-0.4, -0.2) is 37.1 Å². The number of hydrogen-bond acceptors (Lipinski definition) is 5. The third-order valence-corrected chi connectivity index (χ3v) is 8.71. The van der Waals surface area contributed by atoms with Crippen molar-refractivity contribution in [1.29, 1.82) is 0 Å². The van der Waals surface area contributed by atoms with Crippen molar-refractivity contribution in [1.82, 2.24) is 5.32 Å². The maximum absolute atomic E-state index is 13.9. The number of anilines is 1. The summed E-state index contributed by atoms with van der Waals surface area (Å²) in [6.45, 7) is -0.251. The fraction of sp³-hybridized carbons (Fsp3) is 0.105. The maximum atomic E-state index is 13.9. The van der Waals surface area contributed by atoms with Crippen molar-refractivity contribution in [2.24, 2.45) is 0 Å². The zero-order chi connectivity index (χ0) is 34.5. The van der Waals surface area contributed by atoms with E-state index in [1.165, 1.54) is 12.1 Å². The van der Waals surface area contributed by atoms with Crippen LogP contribution in [0.5, 0.6) is 0 Å². The summed E-state index contributed by atoms with van der Waals surface area (Å²) in [5.41, 5.74) is 4.80. The molecule has 1 heterocycles. The number of furan rings is 1. The second-order valence-electron chi connectivity index (χ2n) is 11.5. The van der Waals surface area contributed by atoms with Crippen LogP contribution in [0.25, 0.3) is 33.4 Å². The zero-order valence-corrected chi connectivity index (χ0v) is 26.7. The molecule has 0 saturated carbocycles. The van der Waals surface area contributed by atoms with Crippen molar-refractivity contribution >= 4 is 38.6 Å². The highest BCUT2D eigenvalue weighted by Crippen LogP contribution is 2.30. The lowest BCUT2D eigenvalue weighted by molar-refractivity contribution is -0.117. The lowest BCUT2D eigenvalue weighted by Crippen LogP contribution is -2.28. The first-order valence-corrected chi connectivity index (χ1v) is 16.9. The van der Waals surface area contributed by atoms with Gasteiger partial charge in [0.25, 0.3) is 16.0 Å². The highest BCUT2D eigenvalue weighted by molar-refractivity contribution is 7.85. The molecule has 6 aromatic rings. The summed E-state index contributed by atoms with van der Waals surface area (Å²) in [6.07, 6.45) is 0.251. The van der Waals surface area contributed by atoms with E-state index in [0.717, 1.165) is 28.2 Å². The van der Waals surface area contributed by atoms with E-state index in [9.17, 15) is 26.8 Å². The smallest absolute Gasteiger partial charge is 0.266 e. The number of rotatable bonds is 11. The molecule has 0 aliphatic heterocycles. The molecule has 3 N–H and O–H groups in total. The van der Waals surface area contributed by atoms with Crippen LogP contribution in [0.3, 0.4) is 0 Å². The Kier molecular flexibility index (Phi) is 9.65. The number of carbonyl (C=O) groups is 2. The van der Waals surface area contributed by atoms with E-state index >= 15 is 0 Å². The van der Waals surface area contributed by atoms with Crippen LogP contribution in [-0.2, 0) is 21.3 Å². The number of fused-ring (bicyclic) bond motifs is 1. The quantitative estimate of drug-likeness (QED) is 0.121. The number of benzene rings is 5. The molecule has 8 nitrogen and oxygen atoms in total. The van der Waals surface area contributed by atoms with E-state index in [2.05, 4.69) is 10.6 Å². The van der Waals surface area contributed by atoms with E-state index in [1.807, 2.05) is 42.5 Å². The molecule has 0 radical (unpaired) electrons. The Morgan fingerprint density at radius 1 is 0.755 bits per heavy atom. The molecule has 2 amide bonds. The van der Waals surface area contributed by atoms with Gasteiger partial charge in [0.15, 0.2) is 0 Å². The molecule has 1 atom stereocenters. The van der Waals surface area contributed by atoms with Gasteiger partial charge in [0.05, 0.1) is 11.7 Å². The van der Waals surface area contributed by atoms with Crippen LogP contribution < -0.4 is 10.6 Å². The normalized spacial score (nSPS) is 12.1. The van der Waals surface area contributed by atoms with Crippen LogP contribution in [0, 0.1) is 11.6 Å². The van der Waals surface area contributed by atoms with E-state index in [0.29, 0.717) is 28.1 Å². The van der Waals surface area contributed by atoms with Crippen molar-refractivity contribution in [3.8, 4) is 22.5 Å². The summed E-state index contributed by atoms with van der Waals surface area (Å²) < 4.78 is 64.5. The van der Waals surface area contributed by atoms with Gasteiger partial charge in [-0.25, -0.2) is 8.78 Å². The van der Waals surface area contributed by atoms with Crippen molar-refractivity contribution in [3.05, 3.63) is 150 Å². The molecule has 0 fully saturated rings.